The predicted octanol–water partition coefficient (Wildman–Crippen LogP) is 2.99. The van der Waals surface area contributed by atoms with Crippen LogP contribution in [0.2, 0.25) is 0 Å². The molecule has 2 aliphatic rings. The molecule has 0 atom stereocenters. The molecule has 5 N–H and O–H groups in total. The van der Waals surface area contributed by atoms with Crippen LogP contribution in [-0.2, 0) is 4.79 Å². The Labute approximate surface area is 245 Å². The Balaban J connectivity index is 1.17. The lowest BCUT2D eigenvalue weighted by atomic mass is 10.3. The first-order valence-electron chi connectivity index (χ1n) is 13.5. The van der Waals surface area contributed by atoms with E-state index in [1.54, 1.807) is 5.48 Å². The number of rotatable bonds is 9. The van der Waals surface area contributed by atoms with Gasteiger partial charge in [0.05, 0.1) is 11.3 Å². The van der Waals surface area contributed by atoms with Crippen molar-refractivity contribution in [2.75, 3.05) is 46.6 Å². The van der Waals surface area contributed by atoms with Crippen molar-refractivity contribution in [3.63, 3.8) is 0 Å². The maximum Gasteiger partial charge on any atom is 0.277 e. The largest absolute Gasteiger partial charge is 0.353 e. The van der Waals surface area contributed by atoms with Gasteiger partial charge in [-0.25, -0.2) is 25.4 Å². The molecule has 6 rings (SSSR count). The molecule has 1 saturated carbocycles. The molecule has 2 amide bonds. The van der Waals surface area contributed by atoms with Crippen LogP contribution < -0.4 is 25.9 Å². The third-order valence-corrected chi connectivity index (χ3v) is 7.70. The average molecular weight is 588 g/mol. The highest BCUT2D eigenvalue weighted by atomic mass is 32.2. The minimum atomic E-state index is -0.658. The summed E-state index contributed by atoms with van der Waals surface area (Å²) in [6.45, 7) is 4.54. The number of aromatic amines is 1. The molecule has 4 heterocycles. The van der Waals surface area contributed by atoms with Crippen molar-refractivity contribution >= 4 is 52.7 Å². The fourth-order valence-electron chi connectivity index (χ4n) is 4.41. The van der Waals surface area contributed by atoms with Crippen LogP contribution in [-0.4, -0.2) is 73.3 Å². The van der Waals surface area contributed by atoms with E-state index in [1.807, 2.05) is 48.2 Å². The van der Waals surface area contributed by atoms with Crippen molar-refractivity contribution in [1.82, 2.24) is 35.6 Å². The summed E-state index contributed by atoms with van der Waals surface area (Å²) in [4.78, 5) is 47.0. The lowest BCUT2D eigenvalue weighted by molar-refractivity contribution is -0.117. The zero-order valence-electron chi connectivity index (χ0n) is 22.7. The monoisotopic (exact) mass is 587 g/mol. The number of hydroxylamine groups is 1. The molecule has 42 heavy (non-hydrogen) atoms. The molecule has 1 saturated heterocycles. The normalized spacial score (nSPS) is 14.9. The summed E-state index contributed by atoms with van der Waals surface area (Å²) >= 11 is 1.44. The topological polar surface area (TPSA) is 177 Å². The van der Waals surface area contributed by atoms with E-state index >= 15 is 0 Å². The minimum absolute atomic E-state index is 0.0777. The first kappa shape index (κ1) is 27.4. The van der Waals surface area contributed by atoms with Crippen LogP contribution in [0.15, 0.2) is 58.8 Å². The van der Waals surface area contributed by atoms with Gasteiger partial charge < -0.3 is 20.4 Å². The van der Waals surface area contributed by atoms with E-state index in [-0.39, 0.29) is 17.4 Å². The van der Waals surface area contributed by atoms with Crippen molar-refractivity contribution < 1.29 is 14.8 Å². The van der Waals surface area contributed by atoms with Gasteiger partial charge >= 0.3 is 0 Å². The van der Waals surface area contributed by atoms with E-state index in [4.69, 9.17) is 15.2 Å². The van der Waals surface area contributed by atoms with Gasteiger partial charge in [0, 0.05) is 67.2 Å². The van der Waals surface area contributed by atoms with Gasteiger partial charge in [-0.15, -0.1) is 0 Å². The summed E-state index contributed by atoms with van der Waals surface area (Å²) in [5.74, 6) is 2.21. The van der Waals surface area contributed by atoms with E-state index < -0.39 is 5.91 Å². The van der Waals surface area contributed by atoms with Gasteiger partial charge in [0.25, 0.3) is 5.91 Å². The predicted molar refractivity (Wildman–Crippen MR) is 156 cm³/mol. The van der Waals surface area contributed by atoms with Crippen molar-refractivity contribution in [2.24, 2.45) is 5.92 Å². The summed E-state index contributed by atoms with van der Waals surface area (Å²) in [5, 5.41) is 22.8. The fraction of sp³-hybridized carbons (Fsp3) is 0.296. The number of nitrogens with one attached hydrogen (secondary N) is 4. The number of carbonyl (C=O) groups is 2. The van der Waals surface area contributed by atoms with Crippen LogP contribution in [0.4, 0.5) is 29.1 Å². The quantitative estimate of drug-likeness (QED) is 0.110. The highest BCUT2D eigenvalue weighted by molar-refractivity contribution is 7.99. The number of aryl methyl sites for hydroxylation is 1. The Morgan fingerprint density at radius 3 is 2.36 bits per heavy atom. The zero-order valence-corrected chi connectivity index (χ0v) is 23.6. The van der Waals surface area contributed by atoms with E-state index in [0.717, 1.165) is 40.8 Å². The SMILES string of the molecule is Cc1cc(Nc2cc(N3CCN(c4ncc(C(=O)NO)cn4)CC3)nc(Sc3ccc(NC(=O)C4CC4)cc3)n2)[nH]n1. The van der Waals surface area contributed by atoms with Crippen LogP contribution in [0.5, 0.6) is 0 Å². The molecule has 0 unspecified atom stereocenters. The van der Waals surface area contributed by atoms with Gasteiger partial charge in [-0.3, -0.25) is 19.9 Å². The maximum atomic E-state index is 12.1. The number of nitrogens with zero attached hydrogens (tertiary/aromatic N) is 7. The van der Waals surface area contributed by atoms with Crippen LogP contribution in [0.25, 0.3) is 0 Å². The number of hydrogen-bond acceptors (Lipinski definition) is 12. The third kappa shape index (κ3) is 6.58. The van der Waals surface area contributed by atoms with E-state index in [2.05, 4.69) is 35.7 Å². The second-order valence-electron chi connectivity index (χ2n) is 10.0. The van der Waals surface area contributed by atoms with E-state index in [1.165, 1.54) is 24.2 Å². The molecule has 1 aliphatic heterocycles. The van der Waals surface area contributed by atoms with E-state index in [0.29, 0.717) is 43.1 Å². The molecule has 1 aliphatic carbocycles. The molecule has 0 spiro atoms. The van der Waals surface area contributed by atoms with Crippen LogP contribution >= 0.6 is 11.8 Å². The highest BCUT2D eigenvalue weighted by Crippen LogP contribution is 2.32. The Hall–Kier alpha value is -4.76. The second-order valence-corrected chi connectivity index (χ2v) is 11.1. The van der Waals surface area contributed by atoms with Crippen LogP contribution in [0, 0.1) is 12.8 Å². The molecule has 0 bridgehead atoms. The summed E-state index contributed by atoms with van der Waals surface area (Å²) in [7, 11) is 0. The molecule has 1 aromatic carbocycles. The Morgan fingerprint density at radius 1 is 1.00 bits per heavy atom. The molecular weight excluding hydrogens is 558 g/mol. The van der Waals surface area contributed by atoms with Gasteiger partial charge in [-0.2, -0.15) is 5.10 Å². The molecule has 0 radical (unpaired) electrons. The number of piperazine rings is 1. The summed E-state index contributed by atoms with van der Waals surface area (Å²) in [6, 6.07) is 11.5. The fourth-order valence-corrected chi connectivity index (χ4v) is 5.18. The molecular formula is C27H29N11O3S. The lowest BCUT2D eigenvalue weighted by Gasteiger charge is -2.35. The lowest BCUT2D eigenvalue weighted by Crippen LogP contribution is -2.47. The van der Waals surface area contributed by atoms with Crippen molar-refractivity contribution in [1.29, 1.82) is 0 Å². The van der Waals surface area contributed by atoms with Crippen molar-refractivity contribution in [3.05, 3.63) is 60.0 Å². The molecule has 2 fully saturated rings. The van der Waals surface area contributed by atoms with Gasteiger partial charge in [-0.1, -0.05) is 0 Å². The Bertz CT molecular complexity index is 1570. The third-order valence-electron chi connectivity index (χ3n) is 6.83. The number of hydrogen-bond donors (Lipinski definition) is 5. The van der Waals surface area contributed by atoms with Gasteiger partial charge in [-0.05, 0) is 55.8 Å². The molecule has 3 aromatic heterocycles. The number of benzene rings is 1. The highest BCUT2D eigenvalue weighted by Gasteiger charge is 2.29. The number of H-pyrrole nitrogens is 1. The first-order chi connectivity index (χ1) is 20.4. The standard InChI is InChI=1S/C27H29N11O3S/c1-16-12-22(35-34-16)31-21-13-23(37-8-10-38(11-9-37)26-28-14-18(15-29-26)25(40)36-41)33-27(32-21)42-20-6-4-19(5-7-20)30-24(39)17-2-3-17/h4-7,12-15,17,41H,2-3,8-11H2,1H3,(H,30,39)(H,36,40)(H2,31,32,33,34,35). The smallest absolute Gasteiger partial charge is 0.277 e. The summed E-state index contributed by atoms with van der Waals surface area (Å²) in [5.41, 5.74) is 3.39. The minimum Gasteiger partial charge on any atom is -0.353 e. The Morgan fingerprint density at radius 2 is 1.71 bits per heavy atom. The number of anilines is 5. The summed E-state index contributed by atoms with van der Waals surface area (Å²) < 4.78 is 0. The number of aromatic nitrogens is 6. The molecule has 216 valence electrons. The Kier molecular flexibility index (Phi) is 7.83. The van der Waals surface area contributed by atoms with Crippen LogP contribution in [0.3, 0.4) is 0 Å². The second kappa shape index (κ2) is 12.0. The van der Waals surface area contributed by atoms with Gasteiger partial charge in [0.1, 0.15) is 17.5 Å². The zero-order chi connectivity index (χ0) is 29.1. The first-order valence-corrected chi connectivity index (χ1v) is 14.3. The van der Waals surface area contributed by atoms with E-state index in [9.17, 15) is 9.59 Å². The van der Waals surface area contributed by atoms with Crippen LogP contribution in [0.1, 0.15) is 28.9 Å². The number of carbonyl (C=O) groups excluding carboxylic acids is 2. The molecule has 14 nitrogen and oxygen atoms in total. The van der Waals surface area contributed by atoms with Gasteiger partial charge in [0.2, 0.25) is 11.9 Å². The maximum absolute atomic E-state index is 12.1. The number of amides is 2. The molecule has 4 aromatic rings. The van der Waals surface area contributed by atoms with Crippen molar-refractivity contribution in [3.8, 4) is 0 Å². The average Bonchev–Trinajstić information content (AvgIpc) is 3.79. The van der Waals surface area contributed by atoms with Crippen molar-refractivity contribution in [2.45, 2.75) is 29.8 Å². The summed E-state index contributed by atoms with van der Waals surface area (Å²) in [6.07, 6.45) is 4.69. The van der Waals surface area contributed by atoms with Gasteiger partial charge in [0.15, 0.2) is 5.16 Å². The molecule has 15 heteroatoms.